The summed E-state index contributed by atoms with van der Waals surface area (Å²) in [6.07, 6.45) is 7.77. The second kappa shape index (κ2) is 19.8. The maximum absolute atomic E-state index is 12.8. The van der Waals surface area contributed by atoms with Crippen LogP contribution in [0.2, 0.25) is 0 Å². The van der Waals surface area contributed by atoms with Crippen LogP contribution < -0.4 is 31.2 Å². The summed E-state index contributed by atoms with van der Waals surface area (Å²) in [4.78, 5) is 29.6. The third kappa shape index (κ3) is 11.1. The van der Waals surface area contributed by atoms with E-state index in [1.54, 1.807) is 44.4 Å². The van der Waals surface area contributed by atoms with Crippen molar-refractivity contribution in [3.05, 3.63) is 121 Å². The maximum Gasteiger partial charge on any atom is 0.421 e. The number of aliphatic imine (C=N–C) groups is 1. The van der Waals surface area contributed by atoms with Gasteiger partial charge in [-0.05, 0) is 73.5 Å². The number of carbonyl (C=O) groups is 2. The van der Waals surface area contributed by atoms with Gasteiger partial charge >= 0.3 is 5.95 Å². The number of nitrogens with one attached hydrogen (secondary N) is 5. The Morgan fingerprint density at radius 1 is 0.685 bits per heavy atom. The van der Waals surface area contributed by atoms with Crippen LogP contribution in [-0.2, 0) is 14.1 Å². The average molecular weight is 728 g/mol. The van der Waals surface area contributed by atoms with Crippen molar-refractivity contribution in [2.75, 3.05) is 48.5 Å². The topological polar surface area (TPSA) is 165 Å². The zero-order valence-electron chi connectivity index (χ0n) is 31.1. The third-order valence-corrected chi connectivity index (χ3v) is 8.40. The molecule has 0 unspecified atom stereocenters. The zero-order valence-corrected chi connectivity index (χ0v) is 31.1. The number of hydrogen-bond donors (Lipinski definition) is 5. The van der Waals surface area contributed by atoms with E-state index < -0.39 is 0 Å². The van der Waals surface area contributed by atoms with Crippen molar-refractivity contribution >= 4 is 57.8 Å². The molecular formula is C40H47N12O2+. The molecule has 0 saturated carbocycles. The molecule has 278 valence electrons. The standard InChI is InChI=1S/C40H46N12O2/c1-41-39(42-2)49-47-35-27-31(45-37(53)29-15-9-7-10-16-29)19-21-33(35)43-23-13-5-6-14-24-44-34-22-20-32(46-38(54)30-17-11-8-12-18-30)28-36(34)48-50-40-51(3)25-26-52(40)4/h7-12,15-22,25-28H,5-6,13-14,23-24H2,1-4H3,(H4,41,42,43,44,45,46,47,48,49,53,54)/p+1. The number of aromatic nitrogens is 2. The van der Waals surface area contributed by atoms with E-state index in [-0.39, 0.29) is 11.8 Å². The van der Waals surface area contributed by atoms with E-state index in [1.165, 1.54) is 0 Å². The zero-order chi connectivity index (χ0) is 38.1. The van der Waals surface area contributed by atoms with Crippen LogP contribution in [0.1, 0.15) is 46.4 Å². The molecule has 0 fully saturated rings. The largest absolute Gasteiger partial charge is 0.421 e. The molecule has 5 rings (SSSR count). The number of unbranched alkanes of at least 4 members (excludes halogenated alkanes) is 3. The number of benzene rings is 4. The van der Waals surface area contributed by atoms with Crippen LogP contribution in [0.3, 0.4) is 0 Å². The third-order valence-electron chi connectivity index (χ3n) is 8.40. The number of carbonyl (C=O) groups excluding carboxylic acids is 2. The fraction of sp³-hybridized carbons (Fsp3) is 0.250. The summed E-state index contributed by atoms with van der Waals surface area (Å²) >= 11 is 0. The Balaban J connectivity index is 1.14. The van der Waals surface area contributed by atoms with Gasteiger partial charge in [0.05, 0.1) is 37.9 Å². The lowest BCUT2D eigenvalue weighted by Gasteiger charge is -2.12. The van der Waals surface area contributed by atoms with Gasteiger partial charge in [0.25, 0.3) is 11.8 Å². The number of aryl methyl sites for hydroxylation is 2. The Morgan fingerprint density at radius 2 is 1.20 bits per heavy atom. The normalized spacial score (nSPS) is 11.5. The second-order valence-corrected chi connectivity index (χ2v) is 12.4. The van der Waals surface area contributed by atoms with Gasteiger partial charge in [-0.25, -0.2) is 9.13 Å². The Labute approximate surface area is 315 Å². The lowest BCUT2D eigenvalue weighted by molar-refractivity contribution is -0.657. The summed E-state index contributed by atoms with van der Waals surface area (Å²) < 4.78 is 3.78. The molecule has 4 aromatic carbocycles. The van der Waals surface area contributed by atoms with E-state index in [4.69, 9.17) is 0 Å². The number of nitrogens with zero attached hydrogens (tertiary/aromatic N) is 7. The minimum absolute atomic E-state index is 0.193. The number of anilines is 4. The van der Waals surface area contributed by atoms with Crippen LogP contribution in [0.15, 0.2) is 135 Å². The smallest absolute Gasteiger partial charge is 0.383 e. The van der Waals surface area contributed by atoms with E-state index in [9.17, 15) is 9.59 Å². The van der Waals surface area contributed by atoms with Crippen LogP contribution in [-0.4, -0.2) is 49.5 Å². The number of rotatable bonds is 16. The van der Waals surface area contributed by atoms with Gasteiger partial charge in [-0.2, -0.15) is 0 Å². The number of imidazole rings is 1. The summed E-state index contributed by atoms with van der Waals surface area (Å²) in [5.74, 6) is 0.679. The van der Waals surface area contributed by atoms with Crippen molar-refractivity contribution in [2.24, 2.45) is 39.5 Å². The van der Waals surface area contributed by atoms with Crippen molar-refractivity contribution in [2.45, 2.75) is 25.7 Å². The molecule has 1 aromatic heterocycles. The molecule has 0 radical (unpaired) electrons. The van der Waals surface area contributed by atoms with E-state index in [1.807, 2.05) is 102 Å². The second-order valence-electron chi connectivity index (χ2n) is 12.4. The highest BCUT2D eigenvalue weighted by atomic mass is 16.2. The van der Waals surface area contributed by atoms with Gasteiger partial charge in [0.2, 0.25) is 5.96 Å². The van der Waals surface area contributed by atoms with Crippen LogP contribution in [0.25, 0.3) is 0 Å². The number of hydrogen-bond acceptors (Lipinski definition) is 8. The highest BCUT2D eigenvalue weighted by Gasteiger charge is 2.14. The lowest BCUT2D eigenvalue weighted by Crippen LogP contribution is -2.25. The van der Waals surface area contributed by atoms with Gasteiger partial charge in [0, 0.05) is 54.8 Å². The molecule has 2 amide bonds. The Kier molecular flexibility index (Phi) is 14.1. The fourth-order valence-electron chi connectivity index (χ4n) is 5.45. The summed E-state index contributed by atoms with van der Waals surface area (Å²) in [5.41, 5.74) is 5.22. The highest BCUT2D eigenvalue weighted by molar-refractivity contribution is 6.05. The van der Waals surface area contributed by atoms with Crippen molar-refractivity contribution in [3.8, 4) is 0 Å². The van der Waals surface area contributed by atoms with Crippen LogP contribution in [0.4, 0.5) is 40.1 Å². The number of guanidine groups is 1. The maximum atomic E-state index is 12.8. The molecule has 5 aromatic rings. The molecule has 0 aliphatic heterocycles. The van der Waals surface area contributed by atoms with Gasteiger partial charge in [-0.3, -0.25) is 14.6 Å². The first kappa shape index (κ1) is 38.5. The van der Waals surface area contributed by atoms with E-state index in [0.29, 0.717) is 45.8 Å². The van der Waals surface area contributed by atoms with Gasteiger partial charge in [-0.1, -0.05) is 54.4 Å². The van der Waals surface area contributed by atoms with E-state index in [2.05, 4.69) is 52.0 Å². The van der Waals surface area contributed by atoms with Crippen molar-refractivity contribution in [1.29, 1.82) is 0 Å². The first-order chi connectivity index (χ1) is 26.3. The fourth-order valence-corrected chi connectivity index (χ4v) is 5.45. The van der Waals surface area contributed by atoms with Crippen LogP contribution in [0.5, 0.6) is 0 Å². The van der Waals surface area contributed by atoms with E-state index >= 15 is 0 Å². The molecule has 5 N–H and O–H groups in total. The molecule has 14 heteroatoms. The van der Waals surface area contributed by atoms with Crippen molar-refractivity contribution in [1.82, 2.24) is 9.88 Å². The van der Waals surface area contributed by atoms with E-state index in [0.717, 1.165) is 50.1 Å². The predicted molar refractivity (Wildman–Crippen MR) is 215 cm³/mol. The van der Waals surface area contributed by atoms with Crippen molar-refractivity contribution < 1.29 is 14.2 Å². The summed E-state index contributed by atoms with van der Waals surface area (Å²) in [6.45, 7) is 1.49. The minimum atomic E-state index is -0.203. The lowest BCUT2D eigenvalue weighted by atomic mass is 10.1. The van der Waals surface area contributed by atoms with Gasteiger partial charge in [-0.15, -0.1) is 10.2 Å². The van der Waals surface area contributed by atoms with Crippen LogP contribution >= 0.6 is 0 Å². The number of amides is 2. The quantitative estimate of drug-likeness (QED) is 0.0227. The Morgan fingerprint density at radius 3 is 1.67 bits per heavy atom. The molecule has 0 atom stereocenters. The molecule has 0 aliphatic rings. The molecule has 0 saturated heterocycles. The molecular weight excluding hydrogens is 681 g/mol. The predicted octanol–water partition coefficient (Wildman–Crippen LogP) is 8.14. The van der Waals surface area contributed by atoms with Crippen molar-refractivity contribution in [3.63, 3.8) is 0 Å². The molecule has 54 heavy (non-hydrogen) atoms. The Bertz CT molecular complexity index is 2070. The monoisotopic (exact) mass is 727 g/mol. The number of azo groups is 2. The van der Waals surface area contributed by atoms with Crippen LogP contribution in [0, 0.1) is 0 Å². The SMILES string of the molecule is CN=C(N=Nc1cc(NC(=O)c2ccccc2)ccc1NCCCCCCNc1ccc(NC(=O)c2ccccc2)cc1N=Nc1n(C)cc[n+]1C)NC. The molecule has 1 heterocycles. The molecule has 0 bridgehead atoms. The first-order valence-corrected chi connectivity index (χ1v) is 17.8. The highest BCUT2D eigenvalue weighted by Crippen LogP contribution is 2.31. The molecule has 0 aliphatic carbocycles. The minimum Gasteiger partial charge on any atom is -0.383 e. The van der Waals surface area contributed by atoms with Gasteiger partial charge < -0.3 is 26.6 Å². The average Bonchev–Trinajstić information content (AvgIpc) is 3.52. The molecule has 14 nitrogen and oxygen atoms in total. The first-order valence-electron chi connectivity index (χ1n) is 17.8. The summed E-state index contributed by atoms with van der Waals surface area (Å²) in [7, 11) is 7.19. The Hall–Kier alpha value is -6.70. The van der Waals surface area contributed by atoms with Gasteiger partial charge in [0.1, 0.15) is 11.4 Å². The molecule has 0 spiro atoms. The van der Waals surface area contributed by atoms with Gasteiger partial charge in [0.15, 0.2) is 0 Å². The summed E-state index contributed by atoms with van der Waals surface area (Å²) in [5, 5.41) is 33.5. The summed E-state index contributed by atoms with van der Waals surface area (Å²) in [6, 6.07) is 29.3.